The van der Waals surface area contributed by atoms with Crippen molar-refractivity contribution >= 4 is 5.97 Å². The average molecular weight is 278 g/mol. The monoisotopic (exact) mass is 278 g/mol. The molecule has 1 rings (SSSR count). The molecule has 0 radical (unpaired) electrons. The second-order valence-electron chi connectivity index (χ2n) is 4.15. The standard InChI is InChI=1S/C16H22O4/c1-5-12(16(17)20-6-2)10-11-13-14(18-3)8-7-9-15(13)19-4/h7-10H,5-6,11H2,1-4H3. The summed E-state index contributed by atoms with van der Waals surface area (Å²) in [7, 11) is 3.24. The Bertz CT molecular complexity index is 455. The summed E-state index contributed by atoms with van der Waals surface area (Å²) in [5.74, 6) is 1.24. The Hall–Kier alpha value is -1.97. The Morgan fingerprint density at radius 2 is 1.75 bits per heavy atom. The van der Waals surface area contributed by atoms with Crippen LogP contribution in [0.15, 0.2) is 29.8 Å². The van der Waals surface area contributed by atoms with E-state index in [-0.39, 0.29) is 5.97 Å². The summed E-state index contributed by atoms with van der Waals surface area (Å²) in [5, 5.41) is 0. The minimum Gasteiger partial charge on any atom is -0.496 e. The van der Waals surface area contributed by atoms with E-state index < -0.39 is 0 Å². The Morgan fingerprint density at radius 3 is 2.20 bits per heavy atom. The number of allylic oxidation sites excluding steroid dienone is 1. The van der Waals surface area contributed by atoms with Gasteiger partial charge in [-0.05, 0) is 31.9 Å². The van der Waals surface area contributed by atoms with Gasteiger partial charge < -0.3 is 14.2 Å². The van der Waals surface area contributed by atoms with Gasteiger partial charge in [0.25, 0.3) is 0 Å². The first-order valence-electron chi connectivity index (χ1n) is 6.73. The maximum atomic E-state index is 11.8. The number of rotatable bonds is 7. The summed E-state index contributed by atoms with van der Waals surface area (Å²) < 4.78 is 15.7. The van der Waals surface area contributed by atoms with Crippen LogP contribution in [-0.2, 0) is 16.0 Å². The summed E-state index contributed by atoms with van der Waals surface area (Å²) in [6.07, 6.45) is 3.07. The number of carbonyl (C=O) groups is 1. The zero-order valence-electron chi connectivity index (χ0n) is 12.6. The number of esters is 1. The Morgan fingerprint density at radius 1 is 1.15 bits per heavy atom. The lowest BCUT2D eigenvalue weighted by atomic mass is 10.1. The highest BCUT2D eigenvalue weighted by Crippen LogP contribution is 2.29. The van der Waals surface area contributed by atoms with E-state index in [1.807, 2.05) is 31.2 Å². The van der Waals surface area contributed by atoms with Crippen molar-refractivity contribution in [2.75, 3.05) is 20.8 Å². The van der Waals surface area contributed by atoms with E-state index in [0.717, 1.165) is 17.1 Å². The van der Waals surface area contributed by atoms with Crippen LogP contribution < -0.4 is 9.47 Å². The third-order valence-corrected chi connectivity index (χ3v) is 3.00. The number of benzene rings is 1. The third kappa shape index (κ3) is 4.02. The van der Waals surface area contributed by atoms with Crippen LogP contribution >= 0.6 is 0 Å². The highest BCUT2D eigenvalue weighted by Gasteiger charge is 2.11. The molecular weight excluding hydrogens is 256 g/mol. The molecule has 0 aliphatic heterocycles. The van der Waals surface area contributed by atoms with Crippen molar-refractivity contribution in [3.63, 3.8) is 0 Å². The molecule has 1 aromatic carbocycles. The van der Waals surface area contributed by atoms with E-state index in [2.05, 4.69) is 0 Å². The van der Waals surface area contributed by atoms with Gasteiger partial charge >= 0.3 is 5.97 Å². The SMILES string of the molecule is CCOC(=O)C(=CCc1c(OC)cccc1OC)CC. The molecule has 0 aromatic heterocycles. The predicted molar refractivity (Wildman–Crippen MR) is 78.3 cm³/mol. The van der Waals surface area contributed by atoms with Gasteiger partial charge in [0.2, 0.25) is 0 Å². The Labute approximate surface area is 120 Å². The van der Waals surface area contributed by atoms with Crippen LogP contribution in [0.5, 0.6) is 11.5 Å². The smallest absolute Gasteiger partial charge is 0.333 e. The molecule has 4 nitrogen and oxygen atoms in total. The lowest BCUT2D eigenvalue weighted by molar-refractivity contribution is -0.138. The van der Waals surface area contributed by atoms with Crippen molar-refractivity contribution in [1.82, 2.24) is 0 Å². The van der Waals surface area contributed by atoms with Gasteiger partial charge in [0.1, 0.15) is 11.5 Å². The summed E-state index contributed by atoms with van der Waals surface area (Å²) >= 11 is 0. The van der Waals surface area contributed by atoms with Crippen LogP contribution in [0, 0.1) is 0 Å². The molecule has 4 heteroatoms. The minimum absolute atomic E-state index is 0.260. The fourth-order valence-electron chi connectivity index (χ4n) is 1.95. The number of hydrogen-bond acceptors (Lipinski definition) is 4. The molecule has 0 amide bonds. The molecule has 20 heavy (non-hydrogen) atoms. The molecule has 0 saturated heterocycles. The second-order valence-corrected chi connectivity index (χ2v) is 4.15. The summed E-state index contributed by atoms with van der Waals surface area (Å²) in [6.45, 7) is 4.12. The fraction of sp³-hybridized carbons (Fsp3) is 0.438. The topological polar surface area (TPSA) is 44.8 Å². The van der Waals surface area contributed by atoms with Gasteiger partial charge in [-0.25, -0.2) is 4.79 Å². The molecule has 1 aromatic rings. The molecule has 0 heterocycles. The van der Waals surface area contributed by atoms with E-state index >= 15 is 0 Å². The zero-order chi connectivity index (χ0) is 15.0. The average Bonchev–Trinajstić information content (AvgIpc) is 2.47. The highest BCUT2D eigenvalue weighted by atomic mass is 16.5. The molecule has 0 bridgehead atoms. The number of ether oxygens (including phenoxy) is 3. The molecule has 0 saturated carbocycles. The molecule has 0 aliphatic rings. The van der Waals surface area contributed by atoms with Crippen molar-refractivity contribution < 1.29 is 19.0 Å². The zero-order valence-corrected chi connectivity index (χ0v) is 12.6. The Balaban J connectivity index is 2.99. The van der Waals surface area contributed by atoms with Gasteiger partial charge in [-0.3, -0.25) is 0 Å². The molecule has 110 valence electrons. The van der Waals surface area contributed by atoms with Crippen molar-refractivity contribution in [3.8, 4) is 11.5 Å². The molecular formula is C16H22O4. The van der Waals surface area contributed by atoms with E-state index in [9.17, 15) is 4.79 Å². The van der Waals surface area contributed by atoms with Crippen LogP contribution in [0.25, 0.3) is 0 Å². The third-order valence-electron chi connectivity index (χ3n) is 3.00. The fourth-order valence-corrected chi connectivity index (χ4v) is 1.95. The highest BCUT2D eigenvalue weighted by molar-refractivity contribution is 5.88. The maximum Gasteiger partial charge on any atom is 0.333 e. The van der Waals surface area contributed by atoms with Gasteiger partial charge in [0.15, 0.2) is 0 Å². The van der Waals surface area contributed by atoms with E-state index in [0.29, 0.717) is 25.0 Å². The molecule has 0 aliphatic carbocycles. The lowest BCUT2D eigenvalue weighted by Crippen LogP contribution is -2.07. The lowest BCUT2D eigenvalue weighted by Gasteiger charge is -2.12. The van der Waals surface area contributed by atoms with Gasteiger partial charge in [0.05, 0.1) is 20.8 Å². The maximum absolute atomic E-state index is 11.8. The van der Waals surface area contributed by atoms with Crippen molar-refractivity contribution in [2.24, 2.45) is 0 Å². The Kier molecular flexibility index (Phi) is 6.64. The second kappa shape index (κ2) is 8.25. The molecule has 0 N–H and O–H groups in total. The van der Waals surface area contributed by atoms with Crippen LogP contribution in [0.3, 0.4) is 0 Å². The van der Waals surface area contributed by atoms with Gasteiger partial charge in [-0.1, -0.05) is 19.1 Å². The minimum atomic E-state index is -0.260. The molecule has 0 unspecified atom stereocenters. The first-order valence-corrected chi connectivity index (χ1v) is 6.73. The van der Waals surface area contributed by atoms with Crippen molar-refractivity contribution in [2.45, 2.75) is 26.7 Å². The number of carbonyl (C=O) groups excluding carboxylic acids is 1. The quantitative estimate of drug-likeness (QED) is 0.568. The predicted octanol–water partition coefficient (Wildman–Crippen LogP) is 3.15. The summed E-state index contributed by atoms with van der Waals surface area (Å²) in [6, 6.07) is 5.63. The van der Waals surface area contributed by atoms with Crippen LogP contribution in [0.4, 0.5) is 0 Å². The first kappa shape index (κ1) is 16.1. The first-order chi connectivity index (χ1) is 9.67. The molecule has 0 atom stereocenters. The van der Waals surface area contributed by atoms with Gasteiger partial charge in [-0.15, -0.1) is 0 Å². The van der Waals surface area contributed by atoms with Crippen molar-refractivity contribution in [1.29, 1.82) is 0 Å². The van der Waals surface area contributed by atoms with E-state index in [1.54, 1.807) is 21.1 Å². The van der Waals surface area contributed by atoms with Crippen LogP contribution in [-0.4, -0.2) is 26.8 Å². The normalized spacial score (nSPS) is 11.1. The van der Waals surface area contributed by atoms with E-state index in [4.69, 9.17) is 14.2 Å². The number of hydrogen-bond donors (Lipinski definition) is 0. The summed E-state index contributed by atoms with van der Waals surface area (Å²) in [4.78, 5) is 11.8. The van der Waals surface area contributed by atoms with Gasteiger partial charge in [0, 0.05) is 11.1 Å². The van der Waals surface area contributed by atoms with Crippen molar-refractivity contribution in [3.05, 3.63) is 35.4 Å². The van der Waals surface area contributed by atoms with E-state index in [1.165, 1.54) is 0 Å². The molecule has 0 spiro atoms. The van der Waals surface area contributed by atoms with Gasteiger partial charge in [-0.2, -0.15) is 0 Å². The van der Waals surface area contributed by atoms with Crippen LogP contribution in [0.2, 0.25) is 0 Å². The summed E-state index contributed by atoms with van der Waals surface area (Å²) in [5.41, 5.74) is 1.59. The largest absolute Gasteiger partial charge is 0.496 e. The number of methoxy groups -OCH3 is 2. The molecule has 0 fully saturated rings. The van der Waals surface area contributed by atoms with Crippen LogP contribution in [0.1, 0.15) is 25.8 Å².